The fourth-order valence-electron chi connectivity index (χ4n) is 0.938. The van der Waals surface area contributed by atoms with Crippen LogP contribution in [0.2, 0.25) is 0 Å². The molecule has 0 aliphatic heterocycles. The third-order valence-electron chi connectivity index (χ3n) is 1.58. The molecule has 0 aromatic heterocycles. The van der Waals surface area contributed by atoms with Crippen molar-refractivity contribution in [2.45, 2.75) is 25.7 Å². The van der Waals surface area contributed by atoms with Crippen molar-refractivity contribution in [2.75, 3.05) is 13.2 Å². The van der Waals surface area contributed by atoms with Crippen LogP contribution >= 0.6 is 0 Å². The zero-order chi connectivity index (χ0) is 10.8. The third-order valence-corrected chi connectivity index (χ3v) is 1.58. The first-order valence-corrected chi connectivity index (χ1v) is 4.67. The summed E-state index contributed by atoms with van der Waals surface area (Å²) < 4.78 is 0. The van der Waals surface area contributed by atoms with Crippen LogP contribution in [0.5, 0.6) is 0 Å². The Labute approximate surface area is 83.9 Å². The van der Waals surface area contributed by atoms with Crippen LogP contribution in [0.1, 0.15) is 25.7 Å². The van der Waals surface area contributed by atoms with Gasteiger partial charge in [-0.3, -0.25) is 4.99 Å². The van der Waals surface area contributed by atoms with Crippen LogP contribution in [-0.2, 0) is 0 Å². The van der Waals surface area contributed by atoms with E-state index in [2.05, 4.69) is 9.98 Å². The zero-order valence-electron chi connectivity index (χ0n) is 8.32. The summed E-state index contributed by atoms with van der Waals surface area (Å²) in [6.07, 6.45) is 3.81. The Balaban J connectivity index is 3.47. The molecular formula is C8H19N5O. The smallest absolute Gasteiger partial charge is 0.218 e. The first kappa shape index (κ1) is 12.7. The molecule has 0 aliphatic carbocycles. The van der Waals surface area contributed by atoms with Crippen LogP contribution in [0.3, 0.4) is 0 Å². The summed E-state index contributed by atoms with van der Waals surface area (Å²) >= 11 is 0. The number of aliphatic hydroxyl groups is 1. The fourth-order valence-corrected chi connectivity index (χ4v) is 0.938. The monoisotopic (exact) mass is 201 g/mol. The summed E-state index contributed by atoms with van der Waals surface area (Å²) in [5, 5.41) is 8.52. The van der Waals surface area contributed by atoms with Crippen molar-refractivity contribution in [1.82, 2.24) is 0 Å². The molecule has 0 fully saturated rings. The molecule has 0 unspecified atom stereocenters. The van der Waals surface area contributed by atoms with Gasteiger partial charge in [-0.2, -0.15) is 4.99 Å². The van der Waals surface area contributed by atoms with Gasteiger partial charge in [0.25, 0.3) is 0 Å². The Bertz CT molecular complexity index is 198. The topological polar surface area (TPSA) is 123 Å². The first-order chi connectivity index (χ1) is 6.66. The summed E-state index contributed by atoms with van der Waals surface area (Å²) in [7, 11) is 0. The molecule has 0 spiro atoms. The van der Waals surface area contributed by atoms with E-state index in [9.17, 15) is 0 Å². The van der Waals surface area contributed by atoms with Gasteiger partial charge in [-0.15, -0.1) is 0 Å². The molecule has 14 heavy (non-hydrogen) atoms. The number of nitrogens with zero attached hydrogens (tertiary/aromatic N) is 2. The lowest BCUT2D eigenvalue weighted by atomic mass is 10.2. The number of unbranched alkanes of at least 4 members (excludes halogenated alkanes) is 3. The van der Waals surface area contributed by atoms with Gasteiger partial charge in [0.1, 0.15) is 0 Å². The molecule has 0 atom stereocenters. The van der Waals surface area contributed by atoms with Gasteiger partial charge in [0.05, 0.1) is 0 Å². The lowest BCUT2D eigenvalue weighted by Gasteiger charge is -1.97. The van der Waals surface area contributed by atoms with Crippen molar-refractivity contribution in [1.29, 1.82) is 0 Å². The molecule has 0 aromatic rings. The van der Waals surface area contributed by atoms with E-state index in [-0.39, 0.29) is 18.5 Å². The predicted molar refractivity (Wildman–Crippen MR) is 57.9 cm³/mol. The third kappa shape index (κ3) is 8.79. The number of rotatable bonds is 6. The van der Waals surface area contributed by atoms with Crippen LogP contribution in [0.4, 0.5) is 0 Å². The lowest BCUT2D eigenvalue weighted by Crippen LogP contribution is -2.26. The van der Waals surface area contributed by atoms with Gasteiger partial charge in [-0.1, -0.05) is 12.8 Å². The summed E-state index contributed by atoms with van der Waals surface area (Å²) in [6, 6.07) is 0. The molecule has 82 valence electrons. The van der Waals surface area contributed by atoms with Gasteiger partial charge in [0, 0.05) is 13.2 Å². The second kappa shape index (κ2) is 8.31. The van der Waals surface area contributed by atoms with Crippen molar-refractivity contribution in [3.8, 4) is 0 Å². The minimum Gasteiger partial charge on any atom is -0.396 e. The van der Waals surface area contributed by atoms with Gasteiger partial charge in [0.15, 0.2) is 5.96 Å². The van der Waals surface area contributed by atoms with Crippen molar-refractivity contribution >= 4 is 11.9 Å². The average molecular weight is 201 g/mol. The van der Waals surface area contributed by atoms with Gasteiger partial charge in [0.2, 0.25) is 5.96 Å². The average Bonchev–Trinajstić information content (AvgIpc) is 2.10. The van der Waals surface area contributed by atoms with Gasteiger partial charge in [-0.05, 0) is 12.8 Å². The molecule has 0 aromatic carbocycles. The molecule has 6 nitrogen and oxygen atoms in total. The van der Waals surface area contributed by atoms with Crippen LogP contribution < -0.4 is 17.2 Å². The van der Waals surface area contributed by atoms with Gasteiger partial charge < -0.3 is 22.3 Å². The number of aliphatic hydroxyl groups excluding tert-OH is 1. The zero-order valence-corrected chi connectivity index (χ0v) is 8.32. The summed E-state index contributed by atoms with van der Waals surface area (Å²) in [4.78, 5) is 7.52. The molecule has 0 radical (unpaired) electrons. The highest BCUT2D eigenvalue weighted by Gasteiger charge is 1.90. The molecule has 0 saturated heterocycles. The second-order valence-corrected chi connectivity index (χ2v) is 2.91. The van der Waals surface area contributed by atoms with Crippen molar-refractivity contribution < 1.29 is 5.11 Å². The Morgan fingerprint density at radius 2 is 1.64 bits per heavy atom. The van der Waals surface area contributed by atoms with E-state index in [1.54, 1.807) is 0 Å². The van der Waals surface area contributed by atoms with Gasteiger partial charge >= 0.3 is 0 Å². The fraction of sp³-hybridized carbons (Fsp3) is 0.750. The standard InChI is InChI=1S/C8H19N5O/c9-7(10)13-8(11)12-5-3-1-2-4-6-14/h14H,1-6H2,(H6,9,10,11,12,13). The number of nitrogens with two attached hydrogens (primary N) is 3. The Hall–Kier alpha value is -1.30. The largest absolute Gasteiger partial charge is 0.396 e. The minimum atomic E-state index is -0.0773. The maximum absolute atomic E-state index is 8.52. The van der Waals surface area contributed by atoms with E-state index in [0.717, 1.165) is 25.7 Å². The lowest BCUT2D eigenvalue weighted by molar-refractivity contribution is 0.282. The van der Waals surface area contributed by atoms with Crippen LogP contribution in [-0.4, -0.2) is 30.2 Å². The maximum Gasteiger partial charge on any atom is 0.218 e. The molecular weight excluding hydrogens is 182 g/mol. The second-order valence-electron chi connectivity index (χ2n) is 2.91. The number of guanidine groups is 2. The Morgan fingerprint density at radius 3 is 2.21 bits per heavy atom. The van der Waals surface area contributed by atoms with E-state index in [1.165, 1.54) is 0 Å². The first-order valence-electron chi connectivity index (χ1n) is 4.67. The highest BCUT2D eigenvalue weighted by atomic mass is 16.2. The molecule has 7 N–H and O–H groups in total. The normalized spacial score (nSPS) is 11.4. The summed E-state index contributed by atoms with van der Waals surface area (Å²) in [5.74, 6) is 0.0405. The molecule has 0 bridgehead atoms. The van der Waals surface area contributed by atoms with Crippen molar-refractivity contribution in [3.63, 3.8) is 0 Å². The van der Waals surface area contributed by atoms with E-state index >= 15 is 0 Å². The molecule has 0 aliphatic rings. The van der Waals surface area contributed by atoms with E-state index in [1.807, 2.05) is 0 Å². The Kier molecular flexibility index (Phi) is 7.53. The number of hydrogen-bond acceptors (Lipinski definition) is 2. The van der Waals surface area contributed by atoms with E-state index in [0.29, 0.717) is 6.54 Å². The quantitative estimate of drug-likeness (QED) is 0.253. The molecule has 0 saturated carbocycles. The van der Waals surface area contributed by atoms with Crippen molar-refractivity contribution in [3.05, 3.63) is 0 Å². The molecule has 0 rings (SSSR count). The molecule has 6 heteroatoms. The highest BCUT2D eigenvalue weighted by molar-refractivity contribution is 5.92. The summed E-state index contributed by atoms with van der Waals surface area (Å²) in [5.41, 5.74) is 15.6. The number of hydrogen-bond donors (Lipinski definition) is 4. The number of aliphatic imine (C=N–C) groups is 2. The molecule has 0 heterocycles. The minimum absolute atomic E-state index is 0.0773. The van der Waals surface area contributed by atoms with E-state index < -0.39 is 0 Å². The summed E-state index contributed by atoms with van der Waals surface area (Å²) in [6.45, 7) is 0.869. The maximum atomic E-state index is 8.52. The SMILES string of the molecule is NC(N)=NC(N)=NCCCCCCO. The van der Waals surface area contributed by atoms with Gasteiger partial charge in [-0.25, -0.2) is 0 Å². The highest BCUT2D eigenvalue weighted by Crippen LogP contribution is 1.98. The molecule has 0 amide bonds. The van der Waals surface area contributed by atoms with Crippen LogP contribution in [0.25, 0.3) is 0 Å². The van der Waals surface area contributed by atoms with E-state index in [4.69, 9.17) is 22.3 Å². The van der Waals surface area contributed by atoms with Crippen molar-refractivity contribution in [2.24, 2.45) is 27.2 Å². The van der Waals surface area contributed by atoms with Crippen LogP contribution in [0, 0.1) is 0 Å². The predicted octanol–water partition coefficient (Wildman–Crippen LogP) is -0.873. The van der Waals surface area contributed by atoms with Crippen LogP contribution in [0.15, 0.2) is 9.98 Å². The Morgan fingerprint density at radius 1 is 1.00 bits per heavy atom.